The topological polar surface area (TPSA) is 129 Å². The summed E-state index contributed by atoms with van der Waals surface area (Å²) in [7, 11) is 0. The van der Waals surface area contributed by atoms with Crippen LogP contribution in [0.1, 0.15) is 32.8 Å². The lowest BCUT2D eigenvalue weighted by Crippen LogP contribution is -2.65. The number of benzene rings is 1. The first-order valence-corrected chi connectivity index (χ1v) is 13.8. The number of ether oxygens (including phenoxy) is 1. The maximum absolute atomic E-state index is 13.9. The lowest BCUT2D eigenvalue weighted by molar-refractivity contribution is -0.187. The number of carbonyl (C=O) groups is 3. The van der Waals surface area contributed by atoms with E-state index in [-0.39, 0.29) is 38.4 Å². The highest BCUT2D eigenvalue weighted by Crippen LogP contribution is 2.42. The van der Waals surface area contributed by atoms with E-state index in [1.165, 1.54) is 18.7 Å². The van der Waals surface area contributed by atoms with Gasteiger partial charge >= 0.3 is 6.18 Å². The van der Waals surface area contributed by atoms with Crippen LogP contribution in [-0.4, -0.2) is 82.9 Å². The molecule has 14 heteroatoms. The Bertz CT molecular complexity index is 1290. The third-order valence-electron chi connectivity index (χ3n) is 7.52. The number of piperidine rings is 1. The second-order valence-corrected chi connectivity index (χ2v) is 11.6. The molecule has 1 aromatic rings. The van der Waals surface area contributed by atoms with Crippen molar-refractivity contribution in [3.63, 3.8) is 0 Å². The summed E-state index contributed by atoms with van der Waals surface area (Å²) in [6.45, 7) is 3.56. The zero-order chi connectivity index (χ0) is 30.9. The van der Waals surface area contributed by atoms with Crippen LogP contribution in [0.25, 0.3) is 0 Å². The van der Waals surface area contributed by atoms with Gasteiger partial charge < -0.3 is 26.0 Å². The first kappa shape index (κ1) is 31.5. The molecule has 42 heavy (non-hydrogen) atoms. The minimum atomic E-state index is -4.70. The first-order valence-electron chi connectivity index (χ1n) is 13.4. The Kier molecular flexibility index (Phi) is 9.05. The Labute approximate surface area is 246 Å². The molecule has 3 aliphatic heterocycles. The molecule has 3 aliphatic rings. The SMILES string of the molecule is C[C@@H](N1N=C2CCN(C(=O)C(COCc3ccc(Cl)cc3)NC(=O)C(C)(C)N)C[C@@]2(C2C=CC=CN2)C1=O)C(F)(F)F. The molecule has 3 heterocycles. The number of dihydropyridines is 1. The van der Waals surface area contributed by atoms with Crippen LogP contribution in [0.4, 0.5) is 13.2 Å². The smallest absolute Gasteiger partial charge is 0.383 e. The summed E-state index contributed by atoms with van der Waals surface area (Å²) in [6, 6.07) is 2.80. The van der Waals surface area contributed by atoms with Crippen LogP contribution < -0.4 is 16.4 Å². The van der Waals surface area contributed by atoms with Crippen molar-refractivity contribution >= 4 is 35.0 Å². The highest BCUT2D eigenvalue weighted by Gasteiger charge is 2.61. The number of rotatable bonds is 9. The lowest BCUT2D eigenvalue weighted by atomic mass is 9.71. The quantitative estimate of drug-likeness (QED) is 0.394. The van der Waals surface area contributed by atoms with Gasteiger partial charge in [0.05, 0.1) is 30.5 Å². The molecule has 0 bridgehead atoms. The van der Waals surface area contributed by atoms with Crippen LogP contribution in [0.3, 0.4) is 0 Å². The van der Waals surface area contributed by atoms with E-state index in [9.17, 15) is 27.6 Å². The number of carbonyl (C=O) groups excluding carboxylic acids is 3. The summed E-state index contributed by atoms with van der Waals surface area (Å²) in [6.07, 6.45) is 1.96. The van der Waals surface area contributed by atoms with Gasteiger partial charge in [0.2, 0.25) is 11.8 Å². The molecule has 0 radical (unpaired) electrons. The van der Waals surface area contributed by atoms with Crippen molar-refractivity contribution in [2.75, 3.05) is 19.7 Å². The molecule has 0 aliphatic carbocycles. The highest BCUT2D eigenvalue weighted by molar-refractivity contribution is 6.30. The predicted octanol–water partition coefficient (Wildman–Crippen LogP) is 2.49. The molecule has 2 unspecified atom stereocenters. The van der Waals surface area contributed by atoms with E-state index in [1.807, 2.05) is 0 Å². The van der Waals surface area contributed by atoms with Gasteiger partial charge in [-0.3, -0.25) is 14.4 Å². The number of alkyl halides is 3. The first-order chi connectivity index (χ1) is 19.6. The summed E-state index contributed by atoms with van der Waals surface area (Å²) >= 11 is 5.93. The molecular weight excluding hydrogens is 577 g/mol. The number of nitrogens with two attached hydrogens (primary N) is 1. The summed E-state index contributed by atoms with van der Waals surface area (Å²) < 4.78 is 46.8. The second-order valence-electron chi connectivity index (χ2n) is 11.2. The normalized spacial score (nSPS) is 23.7. The molecule has 3 amide bonds. The van der Waals surface area contributed by atoms with E-state index in [0.717, 1.165) is 12.5 Å². The van der Waals surface area contributed by atoms with E-state index in [2.05, 4.69) is 15.7 Å². The van der Waals surface area contributed by atoms with Gasteiger partial charge in [-0.1, -0.05) is 35.9 Å². The van der Waals surface area contributed by atoms with Crippen molar-refractivity contribution in [2.45, 2.75) is 63.6 Å². The number of nitrogens with one attached hydrogen (secondary N) is 2. The molecule has 4 atom stereocenters. The summed E-state index contributed by atoms with van der Waals surface area (Å²) in [5.74, 6) is -2.03. The van der Waals surface area contributed by atoms with Crippen molar-refractivity contribution in [3.8, 4) is 0 Å². The van der Waals surface area contributed by atoms with Crippen LogP contribution in [0.15, 0.2) is 53.8 Å². The van der Waals surface area contributed by atoms with E-state index in [1.54, 1.807) is 48.7 Å². The molecule has 0 saturated carbocycles. The monoisotopic (exact) mass is 610 g/mol. The number of fused-ring (bicyclic) bond motifs is 1. The van der Waals surface area contributed by atoms with Gasteiger partial charge in [0.25, 0.3) is 5.91 Å². The number of hydrazone groups is 1. The summed E-state index contributed by atoms with van der Waals surface area (Å²) in [4.78, 5) is 41.9. The second kappa shape index (κ2) is 12.1. The van der Waals surface area contributed by atoms with E-state index in [0.29, 0.717) is 10.0 Å². The van der Waals surface area contributed by atoms with Crippen molar-refractivity contribution in [3.05, 3.63) is 59.3 Å². The number of likely N-dealkylation sites (tertiary alicyclic amines) is 1. The van der Waals surface area contributed by atoms with Crippen molar-refractivity contribution < 1.29 is 32.3 Å². The summed E-state index contributed by atoms with van der Waals surface area (Å²) in [5, 5.41) is 10.8. The molecule has 0 spiro atoms. The molecule has 1 saturated heterocycles. The average molecular weight is 611 g/mol. The van der Waals surface area contributed by atoms with Crippen molar-refractivity contribution in [1.29, 1.82) is 0 Å². The largest absolute Gasteiger partial charge is 0.410 e. The molecule has 228 valence electrons. The molecule has 1 fully saturated rings. The predicted molar refractivity (Wildman–Crippen MR) is 150 cm³/mol. The zero-order valence-electron chi connectivity index (χ0n) is 23.5. The van der Waals surface area contributed by atoms with E-state index < -0.39 is 53.0 Å². The Balaban J connectivity index is 1.60. The van der Waals surface area contributed by atoms with Gasteiger partial charge in [-0.25, -0.2) is 5.01 Å². The fourth-order valence-corrected chi connectivity index (χ4v) is 5.14. The molecular formula is C28H34ClF3N6O4. The third-order valence-corrected chi connectivity index (χ3v) is 7.77. The van der Waals surface area contributed by atoms with Crippen LogP contribution in [0, 0.1) is 5.41 Å². The highest BCUT2D eigenvalue weighted by atomic mass is 35.5. The Morgan fingerprint density at radius 2 is 1.95 bits per heavy atom. The molecule has 0 aromatic heterocycles. The van der Waals surface area contributed by atoms with Gasteiger partial charge in [0, 0.05) is 24.5 Å². The van der Waals surface area contributed by atoms with Crippen LogP contribution >= 0.6 is 11.6 Å². The van der Waals surface area contributed by atoms with Crippen molar-refractivity contribution in [2.24, 2.45) is 16.3 Å². The van der Waals surface area contributed by atoms with Gasteiger partial charge in [0.1, 0.15) is 17.5 Å². The number of amides is 3. The van der Waals surface area contributed by atoms with Gasteiger partial charge in [-0.2, -0.15) is 18.3 Å². The maximum atomic E-state index is 13.9. The fourth-order valence-electron chi connectivity index (χ4n) is 5.01. The maximum Gasteiger partial charge on any atom is 0.410 e. The standard InChI is InChI=1S/C28H34ClF3N6O4/c1-17(28(30,31)32)38-25(41)27(21-6-4-5-12-34-21)16-37(13-11-22(27)36-38)23(39)20(35-24(40)26(2,3)33)15-42-14-18-7-9-19(29)10-8-18/h4-10,12,17,20-21,34H,11,13-16,33H2,1-3H3,(H,35,40)/t17-,20?,21?,27+/m1/s1. The van der Waals surface area contributed by atoms with Crippen molar-refractivity contribution in [1.82, 2.24) is 20.5 Å². The van der Waals surface area contributed by atoms with Crippen LogP contribution in [0.2, 0.25) is 5.02 Å². The Hall–Kier alpha value is -3.42. The van der Waals surface area contributed by atoms with E-state index >= 15 is 0 Å². The zero-order valence-corrected chi connectivity index (χ0v) is 24.2. The molecule has 10 nitrogen and oxygen atoms in total. The van der Waals surface area contributed by atoms with Gasteiger partial charge in [-0.05, 0) is 50.7 Å². The number of hydrogen-bond donors (Lipinski definition) is 3. The number of halogens is 4. The average Bonchev–Trinajstić information content (AvgIpc) is 3.24. The van der Waals surface area contributed by atoms with Crippen LogP contribution in [0.5, 0.6) is 0 Å². The molecule has 4 rings (SSSR count). The van der Waals surface area contributed by atoms with Gasteiger partial charge in [0.15, 0.2) is 0 Å². The van der Waals surface area contributed by atoms with E-state index in [4.69, 9.17) is 22.1 Å². The minimum Gasteiger partial charge on any atom is -0.383 e. The Morgan fingerprint density at radius 3 is 2.55 bits per heavy atom. The Morgan fingerprint density at radius 1 is 1.26 bits per heavy atom. The minimum absolute atomic E-state index is 0.0585. The molecule has 4 N–H and O–H groups in total. The fraction of sp³-hybridized carbons (Fsp3) is 0.500. The third kappa shape index (κ3) is 6.47. The number of hydrogen-bond acceptors (Lipinski definition) is 7. The number of allylic oxidation sites excluding steroid dienone is 2. The molecule has 1 aromatic carbocycles. The van der Waals surface area contributed by atoms with Crippen LogP contribution in [-0.2, 0) is 25.7 Å². The van der Waals surface area contributed by atoms with Gasteiger partial charge in [-0.15, -0.1) is 0 Å². The number of nitrogens with zero attached hydrogens (tertiary/aromatic N) is 3. The summed E-state index contributed by atoms with van der Waals surface area (Å²) in [5.41, 5.74) is 4.10. The lowest BCUT2D eigenvalue weighted by Gasteiger charge is -2.44.